The average molecular weight is 292 g/mol. The predicted molar refractivity (Wildman–Crippen MR) is 61.0 cm³/mol. The molecule has 2 nitrogen and oxygen atoms in total. The van der Waals surface area contributed by atoms with Crippen LogP contribution in [0.25, 0.3) is 0 Å². The molecule has 0 spiro atoms. The molecule has 1 atom stereocenters. The van der Waals surface area contributed by atoms with Gasteiger partial charge in [0.15, 0.2) is 0 Å². The number of halogens is 1. The van der Waals surface area contributed by atoms with Gasteiger partial charge in [-0.15, -0.1) is 0 Å². The summed E-state index contributed by atoms with van der Waals surface area (Å²) in [6, 6.07) is 7.87. The summed E-state index contributed by atoms with van der Waals surface area (Å²) in [5.74, 6) is 0.868. The van der Waals surface area contributed by atoms with Crippen molar-refractivity contribution in [3.63, 3.8) is 0 Å². The third-order valence-corrected chi connectivity index (χ3v) is 2.27. The van der Waals surface area contributed by atoms with Gasteiger partial charge in [-0.05, 0) is 47.7 Å². The molecule has 0 radical (unpaired) electrons. The summed E-state index contributed by atoms with van der Waals surface area (Å²) >= 11 is 2.24. The normalized spacial score (nSPS) is 12.5. The maximum Gasteiger partial charge on any atom is 0.120 e. The first-order chi connectivity index (χ1) is 6.18. The highest BCUT2D eigenvalue weighted by Gasteiger charge is 1.97. The number of aliphatic hydroxyl groups excluding tert-OH is 1. The SMILES string of the molecule is CC(O)CCOc1cccc(I)c1. The molecule has 0 saturated carbocycles. The van der Waals surface area contributed by atoms with E-state index < -0.39 is 0 Å². The van der Waals surface area contributed by atoms with Crippen LogP contribution in [-0.4, -0.2) is 17.8 Å². The second-order valence-electron chi connectivity index (χ2n) is 2.94. The van der Waals surface area contributed by atoms with Crippen molar-refractivity contribution in [3.8, 4) is 5.75 Å². The van der Waals surface area contributed by atoms with Crippen LogP contribution in [0.1, 0.15) is 13.3 Å². The summed E-state index contributed by atoms with van der Waals surface area (Å²) in [6.45, 7) is 2.33. The molecular formula is C10H13IO2. The largest absolute Gasteiger partial charge is 0.493 e. The first-order valence-electron chi connectivity index (χ1n) is 4.25. The van der Waals surface area contributed by atoms with Gasteiger partial charge >= 0.3 is 0 Å². The molecule has 0 heterocycles. The Morgan fingerprint density at radius 3 is 2.92 bits per heavy atom. The van der Waals surface area contributed by atoms with Crippen LogP contribution in [0.3, 0.4) is 0 Å². The Hall–Kier alpha value is -0.290. The number of aliphatic hydroxyl groups is 1. The molecule has 0 aliphatic carbocycles. The van der Waals surface area contributed by atoms with Crippen molar-refractivity contribution >= 4 is 22.6 Å². The summed E-state index contributed by atoms with van der Waals surface area (Å²) in [6.07, 6.45) is 0.383. The van der Waals surface area contributed by atoms with E-state index in [1.807, 2.05) is 24.3 Å². The molecule has 0 aliphatic heterocycles. The molecule has 0 aromatic heterocycles. The molecule has 0 fully saturated rings. The second kappa shape index (κ2) is 5.44. The summed E-state index contributed by atoms with van der Waals surface area (Å²) < 4.78 is 6.59. The summed E-state index contributed by atoms with van der Waals surface area (Å²) in [5.41, 5.74) is 0. The van der Waals surface area contributed by atoms with E-state index in [2.05, 4.69) is 22.6 Å². The molecule has 1 unspecified atom stereocenters. The van der Waals surface area contributed by atoms with Crippen LogP contribution in [0, 0.1) is 3.57 Å². The zero-order valence-corrected chi connectivity index (χ0v) is 9.69. The molecule has 1 N–H and O–H groups in total. The van der Waals surface area contributed by atoms with Gasteiger partial charge in [-0.2, -0.15) is 0 Å². The van der Waals surface area contributed by atoms with Crippen molar-refractivity contribution in [2.75, 3.05) is 6.61 Å². The molecule has 1 aromatic rings. The highest BCUT2D eigenvalue weighted by molar-refractivity contribution is 14.1. The number of hydrogen-bond acceptors (Lipinski definition) is 2. The third kappa shape index (κ3) is 4.47. The number of benzene rings is 1. The first kappa shape index (κ1) is 10.8. The van der Waals surface area contributed by atoms with Gasteiger partial charge in [-0.3, -0.25) is 0 Å². The van der Waals surface area contributed by atoms with E-state index in [0.717, 1.165) is 9.32 Å². The van der Waals surface area contributed by atoms with Crippen LogP contribution in [0.4, 0.5) is 0 Å². The molecule has 0 saturated heterocycles. The molecule has 13 heavy (non-hydrogen) atoms. The van der Waals surface area contributed by atoms with Gasteiger partial charge in [0.2, 0.25) is 0 Å². The maximum absolute atomic E-state index is 9.00. The average Bonchev–Trinajstić information content (AvgIpc) is 2.03. The Labute approximate surface area is 92.1 Å². The van der Waals surface area contributed by atoms with Crippen molar-refractivity contribution < 1.29 is 9.84 Å². The monoisotopic (exact) mass is 292 g/mol. The van der Waals surface area contributed by atoms with E-state index in [1.54, 1.807) is 6.92 Å². The Balaban J connectivity index is 2.37. The predicted octanol–water partition coefficient (Wildman–Crippen LogP) is 2.44. The smallest absolute Gasteiger partial charge is 0.120 e. The van der Waals surface area contributed by atoms with E-state index in [1.165, 1.54) is 0 Å². The molecule has 72 valence electrons. The fourth-order valence-electron chi connectivity index (χ4n) is 0.904. The van der Waals surface area contributed by atoms with Crippen LogP contribution in [0.5, 0.6) is 5.75 Å². The van der Waals surface area contributed by atoms with E-state index in [-0.39, 0.29) is 6.10 Å². The van der Waals surface area contributed by atoms with Crippen molar-refractivity contribution in [2.45, 2.75) is 19.4 Å². The molecule has 0 bridgehead atoms. The molecule has 0 amide bonds. The van der Waals surface area contributed by atoms with E-state index in [4.69, 9.17) is 9.84 Å². The summed E-state index contributed by atoms with van der Waals surface area (Å²) in [7, 11) is 0. The quantitative estimate of drug-likeness (QED) is 0.864. The Bertz CT molecular complexity index is 261. The van der Waals surface area contributed by atoms with Gasteiger partial charge in [0.1, 0.15) is 5.75 Å². The zero-order valence-electron chi connectivity index (χ0n) is 7.53. The molecule has 0 aliphatic rings. The third-order valence-electron chi connectivity index (χ3n) is 1.60. The minimum atomic E-state index is -0.289. The molecule has 3 heteroatoms. The lowest BCUT2D eigenvalue weighted by Gasteiger charge is -2.07. The van der Waals surface area contributed by atoms with Gasteiger partial charge in [-0.25, -0.2) is 0 Å². The van der Waals surface area contributed by atoms with E-state index in [0.29, 0.717) is 13.0 Å². The van der Waals surface area contributed by atoms with Crippen molar-refractivity contribution in [1.82, 2.24) is 0 Å². The zero-order chi connectivity index (χ0) is 9.68. The maximum atomic E-state index is 9.00. The molecule has 1 rings (SSSR count). The second-order valence-corrected chi connectivity index (χ2v) is 4.19. The molecular weight excluding hydrogens is 279 g/mol. The lowest BCUT2D eigenvalue weighted by atomic mass is 10.3. The van der Waals surface area contributed by atoms with Crippen LogP contribution in [0.2, 0.25) is 0 Å². The standard InChI is InChI=1S/C10H13IO2/c1-8(12)5-6-13-10-4-2-3-9(11)7-10/h2-4,7-8,12H,5-6H2,1H3. The fraction of sp³-hybridized carbons (Fsp3) is 0.400. The van der Waals surface area contributed by atoms with Gasteiger partial charge in [0.05, 0.1) is 12.7 Å². The van der Waals surface area contributed by atoms with Crippen LogP contribution in [0.15, 0.2) is 24.3 Å². The Morgan fingerprint density at radius 1 is 1.54 bits per heavy atom. The number of ether oxygens (including phenoxy) is 1. The minimum Gasteiger partial charge on any atom is -0.493 e. The minimum absolute atomic E-state index is 0.289. The highest BCUT2D eigenvalue weighted by Crippen LogP contribution is 2.14. The summed E-state index contributed by atoms with van der Waals surface area (Å²) in [4.78, 5) is 0. The lowest BCUT2D eigenvalue weighted by molar-refractivity contribution is 0.155. The van der Waals surface area contributed by atoms with E-state index >= 15 is 0 Å². The number of hydrogen-bond donors (Lipinski definition) is 1. The van der Waals surface area contributed by atoms with Crippen molar-refractivity contribution in [3.05, 3.63) is 27.8 Å². The van der Waals surface area contributed by atoms with Crippen molar-refractivity contribution in [2.24, 2.45) is 0 Å². The van der Waals surface area contributed by atoms with Crippen molar-refractivity contribution in [1.29, 1.82) is 0 Å². The Morgan fingerprint density at radius 2 is 2.31 bits per heavy atom. The van der Waals surface area contributed by atoms with Gasteiger partial charge in [0, 0.05) is 9.99 Å². The lowest BCUT2D eigenvalue weighted by Crippen LogP contribution is -2.07. The van der Waals surface area contributed by atoms with Gasteiger partial charge < -0.3 is 9.84 Å². The first-order valence-corrected chi connectivity index (χ1v) is 5.33. The Kier molecular flexibility index (Phi) is 4.52. The van der Waals surface area contributed by atoms with Crippen LogP contribution < -0.4 is 4.74 Å². The highest BCUT2D eigenvalue weighted by atomic mass is 127. The number of rotatable bonds is 4. The van der Waals surface area contributed by atoms with Gasteiger partial charge in [-0.1, -0.05) is 6.07 Å². The topological polar surface area (TPSA) is 29.5 Å². The van der Waals surface area contributed by atoms with Crippen LogP contribution >= 0.6 is 22.6 Å². The van der Waals surface area contributed by atoms with E-state index in [9.17, 15) is 0 Å². The molecule has 1 aromatic carbocycles. The summed E-state index contributed by atoms with van der Waals surface area (Å²) in [5, 5.41) is 9.00. The van der Waals surface area contributed by atoms with Crippen LogP contribution in [-0.2, 0) is 0 Å². The van der Waals surface area contributed by atoms with Gasteiger partial charge in [0.25, 0.3) is 0 Å². The fourth-order valence-corrected chi connectivity index (χ4v) is 1.42.